The van der Waals surface area contributed by atoms with E-state index in [1.54, 1.807) is 67.8 Å². The third-order valence-corrected chi connectivity index (χ3v) is 8.57. The third-order valence-electron chi connectivity index (χ3n) is 0.872. The second-order valence-corrected chi connectivity index (χ2v) is 7.59. The Kier molecular flexibility index (Phi) is 31.6. The van der Waals surface area contributed by atoms with Gasteiger partial charge in [0.15, 0.2) is 0 Å². The van der Waals surface area contributed by atoms with E-state index in [1.165, 1.54) is 12.2 Å². The van der Waals surface area contributed by atoms with Gasteiger partial charge in [0.2, 0.25) is 0 Å². The van der Waals surface area contributed by atoms with Crippen molar-refractivity contribution in [3.8, 4) is 0 Å². The van der Waals surface area contributed by atoms with E-state index in [0.717, 1.165) is 0 Å². The van der Waals surface area contributed by atoms with E-state index in [9.17, 15) is 29.7 Å². The van der Waals surface area contributed by atoms with E-state index in [-0.39, 0.29) is 28.1 Å². The van der Waals surface area contributed by atoms with Gasteiger partial charge in [0, 0.05) is 10.7 Å². The quantitative estimate of drug-likeness (QED) is 0.237. The van der Waals surface area contributed by atoms with Crippen LogP contribution in [0.5, 0.6) is 0 Å². The first-order chi connectivity index (χ1) is 9.54. The standard InChI is InChI=1S/3C3H2I2O2.Al/c3*4-1-2(5)3(6)7;/h3*1H,(H,6,7);/q;;;+3/p-3/b3*2-1-;. The maximum absolute atomic E-state index is 9.74. The zero-order valence-electron chi connectivity index (χ0n) is 10.0. The number of carboxylic acid groups (broad SMARTS) is 3. The van der Waals surface area contributed by atoms with E-state index in [4.69, 9.17) is 0 Å². The van der Waals surface area contributed by atoms with E-state index in [1.807, 2.05) is 67.8 Å². The van der Waals surface area contributed by atoms with Gasteiger partial charge in [-0.1, -0.05) is 67.8 Å². The van der Waals surface area contributed by atoms with Crippen LogP contribution in [-0.2, 0) is 14.4 Å². The van der Waals surface area contributed by atoms with Crippen molar-refractivity contribution in [2.75, 3.05) is 0 Å². The first-order valence-corrected chi connectivity index (χ1v) is 11.0. The fourth-order valence-electron chi connectivity index (χ4n) is 0.134. The molecule has 0 rings (SSSR count). The number of carboxylic acids is 3. The Morgan fingerprint density at radius 2 is 0.727 bits per heavy atom. The fourth-order valence-corrected chi connectivity index (χ4v) is 0.896. The molecule has 0 aliphatic heterocycles. The maximum atomic E-state index is 9.74. The average Bonchev–Trinajstić information content (AvgIpc) is 2.45. The Hall–Kier alpha value is 2.54. The average molecular weight is 996 g/mol. The zero-order valence-corrected chi connectivity index (χ0v) is 24.1. The molecule has 0 fully saturated rings. The molecule has 13 heteroatoms. The molecule has 120 valence electrons. The van der Waals surface area contributed by atoms with Gasteiger partial charge in [0.1, 0.15) is 0 Å². The number of hydrogen-bond acceptors (Lipinski definition) is 6. The minimum Gasteiger partial charge on any atom is -0.544 e. The summed E-state index contributed by atoms with van der Waals surface area (Å²) < 4.78 is 5.06. The number of aliphatic carboxylic acids is 3. The largest absolute Gasteiger partial charge is 3.00 e. The molecule has 0 atom stereocenters. The normalized spacial score (nSPS) is 10.9. The van der Waals surface area contributed by atoms with Crippen molar-refractivity contribution in [2.45, 2.75) is 0 Å². The molecule has 0 radical (unpaired) electrons. The number of hydrogen-bond donors (Lipinski definition) is 0. The molecule has 6 nitrogen and oxygen atoms in total. The molecule has 0 heterocycles. The molecule has 22 heavy (non-hydrogen) atoms. The van der Waals surface area contributed by atoms with Crippen LogP contribution in [0.4, 0.5) is 0 Å². The van der Waals surface area contributed by atoms with Crippen molar-refractivity contribution in [3.63, 3.8) is 0 Å². The number of carbonyl (C=O) groups is 3. The van der Waals surface area contributed by atoms with Gasteiger partial charge in [0.25, 0.3) is 0 Å². The summed E-state index contributed by atoms with van der Waals surface area (Å²) in [6.45, 7) is 0. The van der Waals surface area contributed by atoms with Gasteiger partial charge in [-0.15, -0.1) is 0 Å². The number of rotatable bonds is 3. The van der Waals surface area contributed by atoms with Crippen LogP contribution >= 0.6 is 136 Å². The molecular weight excluding hydrogens is 992 g/mol. The minimum atomic E-state index is -1.12. The topological polar surface area (TPSA) is 120 Å². The first-order valence-electron chi connectivity index (χ1n) is 4.06. The summed E-state index contributed by atoms with van der Waals surface area (Å²) in [5.74, 6) is -3.35. The summed E-state index contributed by atoms with van der Waals surface area (Å²) in [5, 5.41) is 29.2. The van der Waals surface area contributed by atoms with E-state index in [0.29, 0.717) is 0 Å². The molecule has 0 aliphatic rings. The maximum Gasteiger partial charge on any atom is 3.00 e. The Morgan fingerprint density at radius 1 is 0.591 bits per heavy atom. The SMILES string of the molecule is O=C([O-])/C(I)=C/I.O=C([O-])/C(I)=C/I.O=C([O-])/C(I)=C/I.[Al+3]. The van der Waals surface area contributed by atoms with E-state index >= 15 is 0 Å². The molecule has 0 saturated carbocycles. The van der Waals surface area contributed by atoms with Gasteiger partial charge in [-0.05, 0) is 80.0 Å². The van der Waals surface area contributed by atoms with Crippen molar-refractivity contribution in [2.24, 2.45) is 0 Å². The van der Waals surface area contributed by atoms with Gasteiger partial charge in [0.05, 0.1) is 17.9 Å². The Balaban J connectivity index is -0.000000108. The fraction of sp³-hybridized carbons (Fsp3) is 0. The van der Waals surface area contributed by atoms with E-state index in [2.05, 4.69) is 0 Å². The van der Waals surface area contributed by atoms with Crippen molar-refractivity contribution < 1.29 is 29.7 Å². The molecule has 0 aliphatic carbocycles. The van der Waals surface area contributed by atoms with Crippen molar-refractivity contribution in [1.29, 1.82) is 0 Å². The summed E-state index contributed by atoms with van der Waals surface area (Å²) in [5.41, 5.74) is 0. The molecule has 0 aromatic heterocycles. The second-order valence-electron chi connectivity index (χ2n) is 2.23. The summed E-state index contributed by atoms with van der Waals surface area (Å²) in [6.07, 6.45) is 0. The third kappa shape index (κ3) is 24.8. The minimum absolute atomic E-state index is 0. The molecule has 0 amide bonds. The van der Waals surface area contributed by atoms with Crippen LogP contribution in [0.1, 0.15) is 0 Å². The number of halogens is 6. The predicted molar refractivity (Wildman–Crippen MR) is 129 cm³/mol. The molecule has 0 aromatic rings. The molecule has 0 aromatic carbocycles. The predicted octanol–water partition coefficient (Wildman–Crippen LogP) is 0.962. The van der Waals surface area contributed by atoms with Crippen LogP contribution in [0.2, 0.25) is 0 Å². The monoisotopic (exact) mass is 995 g/mol. The van der Waals surface area contributed by atoms with Gasteiger partial charge >= 0.3 is 17.4 Å². The number of carbonyl (C=O) groups excluding carboxylic acids is 3. The summed E-state index contributed by atoms with van der Waals surface area (Å²) >= 11 is 10.6. The van der Waals surface area contributed by atoms with E-state index < -0.39 is 17.9 Å². The second kappa shape index (κ2) is 21.6. The summed E-state index contributed by atoms with van der Waals surface area (Å²) in [7, 11) is 0. The van der Waals surface area contributed by atoms with Gasteiger partial charge in [-0.2, -0.15) is 0 Å². The Morgan fingerprint density at radius 3 is 0.727 bits per heavy atom. The molecular formula is C9H3AlI6O6. The zero-order chi connectivity index (χ0) is 17.6. The summed E-state index contributed by atoms with van der Waals surface area (Å²) in [4.78, 5) is 29.2. The Labute approximate surface area is 219 Å². The summed E-state index contributed by atoms with van der Waals surface area (Å²) in [6, 6.07) is 0. The first kappa shape index (κ1) is 32.2. The van der Waals surface area contributed by atoms with Crippen molar-refractivity contribution in [1.82, 2.24) is 0 Å². The molecule has 0 N–H and O–H groups in total. The van der Waals surface area contributed by atoms with Gasteiger partial charge < -0.3 is 29.7 Å². The molecule has 0 spiro atoms. The van der Waals surface area contributed by atoms with Crippen molar-refractivity contribution >= 4 is 171 Å². The molecule has 0 unspecified atom stereocenters. The molecule has 0 saturated heterocycles. The van der Waals surface area contributed by atoms with Crippen LogP contribution in [0.25, 0.3) is 0 Å². The van der Waals surface area contributed by atoms with Gasteiger partial charge in [-0.25, -0.2) is 0 Å². The van der Waals surface area contributed by atoms with Crippen LogP contribution in [0.3, 0.4) is 0 Å². The van der Waals surface area contributed by atoms with Gasteiger partial charge in [-0.3, -0.25) is 0 Å². The smallest absolute Gasteiger partial charge is 0.544 e. The van der Waals surface area contributed by atoms with Crippen LogP contribution < -0.4 is 15.3 Å². The Bertz CT molecular complexity index is 395. The van der Waals surface area contributed by atoms with Crippen LogP contribution in [0.15, 0.2) is 23.0 Å². The van der Waals surface area contributed by atoms with Crippen LogP contribution in [-0.4, -0.2) is 35.3 Å². The van der Waals surface area contributed by atoms with Crippen molar-refractivity contribution in [3.05, 3.63) is 23.0 Å². The van der Waals surface area contributed by atoms with Crippen LogP contribution in [0, 0.1) is 0 Å². The molecule has 0 bridgehead atoms.